The van der Waals surface area contributed by atoms with Crippen LogP contribution in [-0.2, 0) is 24.1 Å². The van der Waals surface area contributed by atoms with Crippen molar-refractivity contribution in [2.45, 2.75) is 64.7 Å². The summed E-state index contributed by atoms with van der Waals surface area (Å²) < 4.78 is 0. The molecule has 0 saturated carbocycles. The number of hydrogen-bond acceptors (Lipinski definition) is 4. The molecule has 1 aliphatic carbocycles. The molecule has 1 aromatic rings. The molecule has 2 heterocycles. The van der Waals surface area contributed by atoms with Gasteiger partial charge in [0.25, 0.3) is 0 Å². The number of nitrogens with zero attached hydrogens (tertiary/aromatic N) is 1. The van der Waals surface area contributed by atoms with E-state index in [9.17, 15) is 4.79 Å². The Morgan fingerprint density at radius 3 is 2.84 bits per heavy atom. The van der Waals surface area contributed by atoms with E-state index in [1.165, 1.54) is 47.7 Å². The maximum absolute atomic E-state index is 12.1. The Morgan fingerprint density at radius 1 is 1.32 bits per heavy atom. The van der Waals surface area contributed by atoms with Gasteiger partial charge in [0, 0.05) is 24.3 Å². The molecule has 0 spiro atoms. The molecule has 1 aromatic heterocycles. The summed E-state index contributed by atoms with van der Waals surface area (Å²) in [5.74, 6) is 1.43. The summed E-state index contributed by atoms with van der Waals surface area (Å²) in [4.78, 5) is 18.4. The van der Waals surface area contributed by atoms with E-state index in [1.807, 2.05) is 11.3 Å². The zero-order valence-corrected chi connectivity index (χ0v) is 16.9. The van der Waals surface area contributed by atoms with Crippen LogP contribution in [0.3, 0.4) is 0 Å². The van der Waals surface area contributed by atoms with E-state index in [-0.39, 0.29) is 18.3 Å². The smallest absolute Gasteiger partial charge is 0.220 e. The molecule has 2 N–H and O–H groups in total. The lowest BCUT2D eigenvalue weighted by atomic mass is 9.84. The zero-order valence-electron chi connectivity index (χ0n) is 15.3. The van der Waals surface area contributed by atoms with Crippen LogP contribution in [0.1, 0.15) is 61.0 Å². The second-order valence-corrected chi connectivity index (χ2v) is 8.58. The maximum Gasteiger partial charge on any atom is 0.220 e. The van der Waals surface area contributed by atoms with Gasteiger partial charge >= 0.3 is 0 Å². The predicted octanol–water partition coefficient (Wildman–Crippen LogP) is 3.52. The molecule has 6 heteroatoms. The van der Waals surface area contributed by atoms with Gasteiger partial charge < -0.3 is 10.6 Å². The number of carbonyl (C=O) groups excluding carboxylic acids is 1. The van der Waals surface area contributed by atoms with Gasteiger partial charge in [-0.1, -0.05) is 6.92 Å². The summed E-state index contributed by atoms with van der Waals surface area (Å²) in [5, 5.41) is 7.76. The van der Waals surface area contributed by atoms with E-state index < -0.39 is 0 Å². The minimum Gasteiger partial charge on any atom is -0.356 e. The van der Waals surface area contributed by atoms with E-state index in [0.717, 1.165) is 38.9 Å². The van der Waals surface area contributed by atoms with Crippen molar-refractivity contribution in [1.82, 2.24) is 15.6 Å². The fourth-order valence-electron chi connectivity index (χ4n) is 3.92. The first-order valence-corrected chi connectivity index (χ1v) is 10.5. The topological polar surface area (TPSA) is 54.0 Å². The molecule has 3 rings (SSSR count). The molecule has 142 valence electrons. The van der Waals surface area contributed by atoms with Crippen LogP contribution in [-0.4, -0.2) is 30.5 Å². The summed E-state index contributed by atoms with van der Waals surface area (Å²) in [6, 6.07) is 0. The Kier molecular flexibility index (Phi) is 8.67. The Labute approximate surface area is 162 Å². The van der Waals surface area contributed by atoms with Crippen molar-refractivity contribution in [3.8, 4) is 0 Å². The largest absolute Gasteiger partial charge is 0.356 e. The number of aromatic nitrogens is 1. The van der Waals surface area contributed by atoms with E-state index in [4.69, 9.17) is 4.98 Å². The van der Waals surface area contributed by atoms with Gasteiger partial charge in [-0.15, -0.1) is 23.7 Å². The van der Waals surface area contributed by atoms with Crippen molar-refractivity contribution in [3.63, 3.8) is 0 Å². The average molecular weight is 386 g/mol. The number of fused-ring (bicyclic) bond motifs is 1. The third-order valence-electron chi connectivity index (χ3n) is 5.48. The van der Waals surface area contributed by atoms with Crippen LogP contribution in [0.2, 0.25) is 0 Å². The Hall–Kier alpha value is -0.650. The lowest BCUT2D eigenvalue weighted by Gasteiger charge is -2.27. The molecule has 0 aromatic carbocycles. The fraction of sp³-hybridized carbons (Fsp3) is 0.789. The third kappa shape index (κ3) is 6.22. The number of carbonyl (C=O) groups is 1. The molecule has 1 saturated heterocycles. The van der Waals surface area contributed by atoms with Crippen LogP contribution >= 0.6 is 23.7 Å². The van der Waals surface area contributed by atoms with Crippen molar-refractivity contribution in [3.05, 3.63) is 15.6 Å². The number of halogens is 1. The number of amides is 1. The number of rotatable bonds is 7. The molecule has 1 fully saturated rings. The summed E-state index contributed by atoms with van der Waals surface area (Å²) >= 11 is 1.89. The van der Waals surface area contributed by atoms with Gasteiger partial charge in [-0.25, -0.2) is 4.98 Å². The first-order valence-electron chi connectivity index (χ1n) is 9.67. The Bertz CT molecular complexity index is 519. The zero-order chi connectivity index (χ0) is 16.8. The Morgan fingerprint density at radius 2 is 2.08 bits per heavy atom. The molecule has 1 unspecified atom stereocenters. The van der Waals surface area contributed by atoms with E-state index in [0.29, 0.717) is 18.3 Å². The summed E-state index contributed by atoms with van der Waals surface area (Å²) in [7, 11) is 0. The molecule has 0 bridgehead atoms. The summed E-state index contributed by atoms with van der Waals surface area (Å²) in [5.41, 5.74) is 1.35. The fourth-order valence-corrected chi connectivity index (χ4v) is 5.12. The molecule has 25 heavy (non-hydrogen) atoms. The SMILES string of the molecule is CC(CC(=O)NCCCc1nc2c(s1)CCCC2)C1CCNCC1.Cl. The first kappa shape index (κ1) is 20.7. The maximum atomic E-state index is 12.1. The van der Waals surface area contributed by atoms with Crippen molar-refractivity contribution in [2.24, 2.45) is 11.8 Å². The standard InChI is InChI=1S/C19H31N3OS.ClH/c1-14(15-8-11-20-12-9-15)13-18(23)21-10-4-7-19-22-16-5-2-3-6-17(16)24-19;/h14-15,20H,2-13H2,1H3,(H,21,23);1H. The van der Waals surface area contributed by atoms with Crippen molar-refractivity contribution in [2.75, 3.05) is 19.6 Å². The van der Waals surface area contributed by atoms with Crippen LogP contribution in [0.5, 0.6) is 0 Å². The van der Waals surface area contributed by atoms with Gasteiger partial charge in [0.15, 0.2) is 0 Å². The summed E-state index contributed by atoms with van der Waals surface area (Å²) in [6.07, 6.45) is 10.1. The molecular formula is C19H32ClN3OS. The average Bonchev–Trinajstić information content (AvgIpc) is 3.02. The van der Waals surface area contributed by atoms with Gasteiger partial charge in [0.05, 0.1) is 10.7 Å². The number of aryl methyl sites for hydroxylation is 3. The molecule has 1 atom stereocenters. The predicted molar refractivity (Wildman–Crippen MR) is 107 cm³/mol. The lowest BCUT2D eigenvalue weighted by molar-refractivity contribution is -0.122. The second kappa shape index (κ2) is 10.5. The molecule has 1 aliphatic heterocycles. The quantitative estimate of drug-likeness (QED) is 0.706. The van der Waals surface area contributed by atoms with Gasteiger partial charge in [-0.05, 0) is 69.9 Å². The molecular weight excluding hydrogens is 354 g/mol. The lowest BCUT2D eigenvalue weighted by Crippen LogP contribution is -2.33. The highest BCUT2D eigenvalue weighted by atomic mass is 35.5. The van der Waals surface area contributed by atoms with Crippen molar-refractivity contribution < 1.29 is 4.79 Å². The van der Waals surface area contributed by atoms with E-state index >= 15 is 0 Å². The van der Waals surface area contributed by atoms with Crippen LogP contribution in [0, 0.1) is 11.8 Å². The number of nitrogens with one attached hydrogen (secondary N) is 2. The van der Waals surface area contributed by atoms with E-state index in [2.05, 4.69) is 17.6 Å². The third-order valence-corrected chi connectivity index (χ3v) is 6.69. The van der Waals surface area contributed by atoms with Crippen LogP contribution in [0.15, 0.2) is 0 Å². The minimum atomic E-state index is 0. The summed E-state index contributed by atoms with van der Waals surface area (Å²) in [6.45, 7) is 5.22. The van der Waals surface area contributed by atoms with Crippen LogP contribution in [0.25, 0.3) is 0 Å². The highest BCUT2D eigenvalue weighted by Crippen LogP contribution is 2.27. The van der Waals surface area contributed by atoms with Crippen LogP contribution < -0.4 is 10.6 Å². The Balaban J connectivity index is 0.00000225. The highest BCUT2D eigenvalue weighted by Gasteiger charge is 2.21. The first-order chi connectivity index (χ1) is 11.7. The highest BCUT2D eigenvalue weighted by molar-refractivity contribution is 7.11. The number of hydrogen-bond donors (Lipinski definition) is 2. The second-order valence-electron chi connectivity index (χ2n) is 7.41. The molecule has 0 radical (unpaired) electrons. The number of piperidine rings is 1. The van der Waals surface area contributed by atoms with Gasteiger partial charge in [0.2, 0.25) is 5.91 Å². The molecule has 2 aliphatic rings. The van der Waals surface area contributed by atoms with Gasteiger partial charge in [-0.3, -0.25) is 4.79 Å². The monoisotopic (exact) mass is 385 g/mol. The van der Waals surface area contributed by atoms with Crippen LogP contribution in [0.4, 0.5) is 0 Å². The van der Waals surface area contributed by atoms with Gasteiger partial charge in [-0.2, -0.15) is 0 Å². The minimum absolute atomic E-state index is 0. The normalized spacial score (nSPS) is 18.9. The number of thiazole rings is 1. The molecule has 1 amide bonds. The van der Waals surface area contributed by atoms with Crippen molar-refractivity contribution in [1.29, 1.82) is 0 Å². The molecule has 4 nitrogen and oxygen atoms in total. The van der Waals surface area contributed by atoms with Crippen molar-refractivity contribution >= 4 is 29.7 Å². The van der Waals surface area contributed by atoms with Gasteiger partial charge in [0.1, 0.15) is 0 Å². The van der Waals surface area contributed by atoms with E-state index in [1.54, 1.807) is 0 Å².